The minimum Gasteiger partial charge on any atom is -0.494 e. The molecule has 2 rings (SSSR count). The molecule has 0 saturated heterocycles. The fourth-order valence-electron chi connectivity index (χ4n) is 3.42. The smallest absolute Gasteiger partial charge is 0.243 e. The zero-order valence-corrected chi connectivity index (χ0v) is 17.3. The molecule has 7 heteroatoms. The maximum absolute atomic E-state index is 12.9. The second-order valence-electron chi connectivity index (χ2n) is 6.95. The highest BCUT2D eigenvalue weighted by Gasteiger charge is 2.26. The lowest BCUT2D eigenvalue weighted by atomic mass is 9.97. The standard InChI is InChI=1S/C20H32N2O4S/c1-3-22(16-20(23)21-17-10-8-6-5-7-9-11-17)27(24,25)19-14-12-18(13-15-19)26-4-2/h12-15,17H,3-11,16H2,1-2H3,(H,21,23). The van der Waals surface area contributed by atoms with Crippen LogP contribution in [0.3, 0.4) is 0 Å². The molecule has 1 fully saturated rings. The molecular weight excluding hydrogens is 364 g/mol. The van der Waals surface area contributed by atoms with Crippen LogP contribution < -0.4 is 10.1 Å². The van der Waals surface area contributed by atoms with Crippen molar-refractivity contribution in [1.82, 2.24) is 9.62 Å². The number of carbonyl (C=O) groups is 1. The van der Waals surface area contributed by atoms with Gasteiger partial charge in [0.2, 0.25) is 15.9 Å². The highest BCUT2D eigenvalue weighted by atomic mass is 32.2. The molecule has 1 aromatic rings. The maximum atomic E-state index is 12.9. The molecule has 27 heavy (non-hydrogen) atoms. The van der Waals surface area contributed by atoms with Crippen molar-refractivity contribution >= 4 is 15.9 Å². The third kappa shape index (κ3) is 6.50. The molecule has 0 spiro atoms. The van der Waals surface area contributed by atoms with E-state index >= 15 is 0 Å². The van der Waals surface area contributed by atoms with Crippen molar-refractivity contribution in [1.29, 1.82) is 0 Å². The predicted molar refractivity (Wildman–Crippen MR) is 106 cm³/mol. The SMILES string of the molecule is CCOc1ccc(S(=O)(=O)N(CC)CC(=O)NC2CCCCCCC2)cc1. The number of hydrogen-bond acceptors (Lipinski definition) is 4. The molecule has 0 aliphatic heterocycles. The van der Waals surface area contributed by atoms with E-state index in [-0.39, 0.29) is 29.9 Å². The van der Waals surface area contributed by atoms with Crippen LogP contribution in [0.2, 0.25) is 0 Å². The molecule has 1 saturated carbocycles. The van der Waals surface area contributed by atoms with Gasteiger partial charge in [0.1, 0.15) is 5.75 Å². The Balaban J connectivity index is 2.00. The van der Waals surface area contributed by atoms with Crippen molar-refractivity contribution in [2.75, 3.05) is 19.7 Å². The molecule has 0 atom stereocenters. The second-order valence-corrected chi connectivity index (χ2v) is 8.88. The minimum atomic E-state index is -3.71. The molecule has 0 bridgehead atoms. The Kier molecular flexibility index (Phi) is 8.57. The van der Waals surface area contributed by atoms with E-state index in [0.29, 0.717) is 12.4 Å². The molecular formula is C20H32N2O4S. The van der Waals surface area contributed by atoms with Gasteiger partial charge in [-0.15, -0.1) is 0 Å². The molecule has 0 aromatic heterocycles. The Labute approximate surface area is 163 Å². The lowest BCUT2D eigenvalue weighted by molar-refractivity contribution is -0.122. The molecule has 0 heterocycles. The van der Waals surface area contributed by atoms with Gasteiger partial charge < -0.3 is 10.1 Å². The quantitative estimate of drug-likeness (QED) is 0.731. The Morgan fingerprint density at radius 3 is 2.22 bits per heavy atom. The van der Waals surface area contributed by atoms with Crippen LogP contribution in [0.25, 0.3) is 0 Å². The van der Waals surface area contributed by atoms with Gasteiger partial charge in [-0.2, -0.15) is 4.31 Å². The largest absolute Gasteiger partial charge is 0.494 e. The van der Waals surface area contributed by atoms with Crippen LogP contribution in [-0.2, 0) is 14.8 Å². The average molecular weight is 397 g/mol. The number of ether oxygens (including phenoxy) is 1. The summed E-state index contributed by atoms with van der Waals surface area (Å²) >= 11 is 0. The first-order valence-corrected chi connectivity index (χ1v) is 11.4. The van der Waals surface area contributed by atoms with E-state index in [9.17, 15) is 13.2 Å². The van der Waals surface area contributed by atoms with Crippen LogP contribution in [0.4, 0.5) is 0 Å². The van der Waals surface area contributed by atoms with E-state index in [4.69, 9.17) is 4.74 Å². The van der Waals surface area contributed by atoms with Gasteiger partial charge in [0.05, 0.1) is 18.0 Å². The Bertz CT molecular complexity index is 680. The average Bonchev–Trinajstić information content (AvgIpc) is 2.62. The number of nitrogens with zero attached hydrogens (tertiary/aromatic N) is 1. The molecule has 1 aliphatic rings. The van der Waals surface area contributed by atoms with Crippen molar-refractivity contribution in [3.63, 3.8) is 0 Å². The van der Waals surface area contributed by atoms with Gasteiger partial charge in [-0.3, -0.25) is 4.79 Å². The first-order valence-electron chi connectivity index (χ1n) is 9.99. The minimum absolute atomic E-state index is 0.150. The monoisotopic (exact) mass is 396 g/mol. The zero-order valence-electron chi connectivity index (χ0n) is 16.4. The summed E-state index contributed by atoms with van der Waals surface area (Å²) in [5.41, 5.74) is 0. The maximum Gasteiger partial charge on any atom is 0.243 e. The second kappa shape index (κ2) is 10.7. The molecule has 0 radical (unpaired) electrons. The first kappa shape index (κ1) is 21.7. The van der Waals surface area contributed by atoms with Crippen molar-refractivity contribution in [3.05, 3.63) is 24.3 Å². The lowest BCUT2D eigenvalue weighted by Gasteiger charge is -2.24. The van der Waals surface area contributed by atoms with Crippen LogP contribution in [0.5, 0.6) is 5.75 Å². The summed E-state index contributed by atoms with van der Waals surface area (Å²) in [4.78, 5) is 12.6. The molecule has 1 N–H and O–H groups in total. The van der Waals surface area contributed by atoms with Crippen molar-refractivity contribution in [2.45, 2.75) is 69.7 Å². The summed E-state index contributed by atoms with van der Waals surface area (Å²) in [5, 5.41) is 3.04. The lowest BCUT2D eigenvalue weighted by Crippen LogP contribution is -2.44. The van der Waals surface area contributed by atoms with Gasteiger partial charge in [-0.25, -0.2) is 8.42 Å². The van der Waals surface area contributed by atoms with Crippen molar-refractivity contribution in [2.24, 2.45) is 0 Å². The van der Waals surface area contributed by atoms with E-state index in [1.807, 2.05) is 6.92 Å². The topological polar surface area (TPSA) is 75.7 Å². The summed E-state index contributed by atoms with van der Waals surface area (Å²) in [6, 6.07) is 6.48. The van der Waals surface area contributed by atoms with Gasteiger partial charge in [-0.1, -0.05) is 39.0 Å². The number of benzene rings is 1. The number of sulfonamides is 1. The van der Waals surface area contributed by atoms with Crippen LogP contribution in [-0.4, -0.2) is 44.4 Å². The van der Waals surface area contributed by atoms with Crippen LogP contribution in [0.1, 0.15) is 58.8 Å². The number of likely N-dealkylation sites (N-methyl/N-ethyl adjacent to an activating group) is 1. The van der Waals surface area contributed by atoms with Crippen LogP contribution in [0.15, 0.2) is 29.2 Å². The van der Waals surface area contributed by atoms with Crippen LogP contribution in [0, 0.1) is 0 Å². The van der Waals surface area contributed by atoms with Gasteiger partial charge in [0.25, 0.3) is 0 Å². The van der Waals surface area contributed by atoms with Crippen molar-refractivity contribution < 1.29 is 17.9 Å². The first-order chi connectivity index (χ1) is 13.0. The molecule has 1 aromatic carbocycles. The van der Waals surface area contributed by atoms with Gasteiger partial charge in [0.15, 0.2) is 0 Å². The fourth-order valence-corrected chi connectivity index (χ4v) is 4.83. The number of hydrogen-bond donors (Lipinski definition) is 1. The summed E-state index contributed by atoms with van der Waals surface area (Å²) < 4.78 is 32.3. The normalized spacial score (nSPS) is 16.6. The van der Waals surface area contributed by atoms with E-state index < -0.39 is 10.0 Å². The van der Waals surface area contributed by atoms with E-state index in [1.165, 1.54) is 35.7 Å². The van der Waals surface area contributed by atoms with Crippen molar-refractivity contribution in [3.8, 4) is 5.75 Å². The van der Waals surface area contributed by atoms with Crippen LogP contribution >= 0.6 is 0 Å². The number of amides is 1. The molecule has 1 aliphatic carbocycles. The zero-order chi connectivity index (χ0) is 19.7. The third-order valence-corrected chi connectivity index (χ3v) is 6.85. The molecule has 6 nitrogen and oxygen atoms in total. The number of rotatable bonds is 8. The van der Waals surface area contributed by atoms with E-state index in [1.54, 1.807) is 19.1 Å². The summed E-state index contributed by atoms with van der Waals surface area (Å²) in [6.45, 7) is 4.23. The van der Waals surface area contributed by atoms with E-state index in [2.05, 4.69) is 5.32 Å². The Morgan fingerprint density at radius 1 is 1.07 bits per heavy atom. The number of carbonyl (C=O) groups excluding carboxylic acids is 1. The molecule has 152 valence electrons. The summed E-state index contributed by atoms with van der Waals surface area (Å²) in [7, 11) is -3.71. The Hall–Kier alpha value is -1.60. The molecule has 0 unspecified atom stereocenters. The van der Waals surface area contributed by atoms with Gasteiger partial charge in [-0.05, 0) is 44.0 Å². The van der Waals surface area contributed by atoms with E-state index in [0.717, 1.165) is 25.7 Å². The number of nitrogens with one attached hydrogen (secondary N) is 1. The van der Waals surface area contributed by atoms with Gasteiger partial charge in [0, 0.05) is 12.6 Å². The predicted octanol–water partition coefficient (Wildman–Crippen LogP) is 3.33. The Morgan fingerprint density at radius 2 is 1.67 bits per heavy atom. The van der Waals surface area contributed by atoms with Gasteiger partial charge >= 0.3 is 0 Å². The molecule has 1 amide bonds. The highest BCUT2D eigenvalue weighted by molar-refractivity contribution is 7.89. The third-order valence-electron chi connectivity index (χ3n) is 4.92. The fraction of sp³-hybridized carbons (Fsp3) is 0.650. The summed E-state index contributed by atoms with van der Waals surface area (Å²) in [5.74, 6) is 0.401. The summed E-state index contributed by atoms with van der Waals surface area (Å²) in [6.07, 6.45) is 7.87. The highest BCUT2D eigenvalue weighted by Crippen LogP contribution is 2.20.